The van der Waals surface area contributed by atoms with Crippen LogP contribution in [0.5, 0.6) is 0 Å². The van der Waals surface area contributed by atoms with Crippen LogP contribution in [0, 0.1) is 0 Å². The SMILES string of the molecule is CCCCCCCCCC/C(=C\SC)C(=O)Nc1ccccc1. The van der Waals surface area contributed by atoms with Crippen molar-refractivity contribution in [2.45, 2.75) is 64.7 Å². The third kappa shape index (κ3) is 9.50. The van der Waals surface area contributed by atoms with Crippen molar-refractivity contribution < 1.29 is 4.79 Å². The number of carbonyl (C=O) groups is 1. The number of carbonyl (C=O) groups excluding carboxylic acids is 1. The standard InChI is InChI=1S/C20H31NOS/c1-3-4-5-6-7-8-9-11-14-18(17-23-2)20(22)21-19-15-12-10-13-16-19/h10,12-13,15-17H,3-9,11,14H2,1-2H3,(H,21,22)/b18-17+. The van der Waals surface area contributed by atoms with Gasteiger partial charge in [0, 0.05) is 11.3 Å². The zero-order valence-corrected chi connectivity index (χ0v) is 15.5. The van der Waals surface area contributed by atoms with Crippen molar-refractivity contribution in [3.8, 4) is 0 Å². The van der Waals surface area contributed by atoms with Gasteiger partial charge in [-0.05, 0) is 36.6 Å². The van der Waals surface area contributed by atoms with Crippen molar-refractivity contribution in [3.63, 3.8) is 0 Å². The van der Waals surface area contributed by atoms with Gasteiger partial charge in [0.1, 0.15) is 0 Å². The molecule has 1 amide bonds. The molecule has 0 aliphatic carbocycles. The highest BCUT2D eigenvalue weighted by Gasteiger charge is 2.09. The van der Waals surface area contributed by atoms with Crippen LogP contribution in [0.3, 0.4) is 0 Å². The maximum atomic E-state index is 12.3. The van der Waals surface area contributed by atoms with E-state index in [0.717, 1.165) is 24.1 Å². The second-order valence-corrected chi connectivity index (χ2v) is 6.63. The minimum absolute atomic E-state index is 0.0356. The first kappa shape index (κ1) is 19.8. The summed E-state index contributed by atoms with van der Waals surface area (Å²) in [6.07, 6.45) is 13.2. The van der Waals surface area contributed by atoms with Crippen LogP contribution in [0.4, 0.5) is 5.69 Å². The molecule has 1 aromatic rings. The van der Waals surface area contributed by atoms with E-state index < -0.39 is 0 Å². The lowest BCUT2D eigenvalue weighted by molar-refractivity contribution is -0.113. The number of para-hydroxylation sites is 1. The number of anilines is 1. The third-order valence-corrected chi connectivity index (χ3v) is 4.40. The van der Waals surface area contributed by atoms with E-state index in [4.69, 9.17) is 0 Å². The van der Waals surface area contributed by atoms with Gasteiger partial charge in [-0.1, -0.05) is 70.1 Å². The molecule has 0 saturated carbocycles. The number of benzene rings is 1. The van der Waals surface area contributed by atoms with E-state index >= 15 is 0 Å². The maximum Gasteiger partial charge on any atom is 0.252 e. The summed E-state index contributed by atoms with van der Waals surface area (Å²) in [6, 6.07) is 9.67. The fourth-order valence-electron chi connectivity index (χ4n) is 2.55. The largest absolute Gasteiger partial charge is 0.322 e. The predicted octanol–water partition coefficient (Wildman–Crippen LogP) is 6.40. The van der Waals surface area contributed by atoms with Crippen LogP contribution in [-0.4, -0.2) is 12.2 Å². The number of unbranched alkanes of at least 4 members (excludes halogenated alkanes) is 7. The highest BCUT2D eigenvalue weighted by molar-refractivity contribution is 8.01. The fourth-order valence-corrected chi connectivity index (χ4v) is 3.06. The number of thioether (sulfide) groups is 1. The van der Waals surface area contributed by atoms with Gasteiger partial charge in [-0.15, -0.1) is 11.8 Å². The first-order chi connectivity index (χ1) is 11.3. The average Bonchev–Trinajstić information content (AvgIpc) is 2.57. The van der Waals surface area contributed by atoms with Crippen LogP contribution in [-0.2, 0) is 4.79 Å². The monoisotopic (exact) mass is 333 g/mol. The molecule has 0 bridgehead atoms. The van der Waals surface area contributed by atoms with Crippen LogP contribution < -0.4 is 5.32 Å². The number of nitrogens with one attached hydrogen (secondary N) is 1. The van der Waals surface area contributed by atoms with Gasteiger partial charge in [-0.25, -0.2) is 0 Å². The van der Waals surface area contributed by atoms with Gasteiger partial charge in [0.15, 0.2) is 0 Å². The number of hydrogen-bond donors (Lipinski definition) is 1. The van der Waals surface area contributed by atoms with Gasteiger partial charge in [0.2, 0.25) is 0 Å². The first-order valence-corrected chi connectivity index (χ1v) is 10.1. The molecule has 2 nitrogen and oxygen atoms in total. The Morgan fingerprint density at radius 3 is 2.22 bits per heavy atom. The second kappa shape index (κ2) is 13.2. The Morgan fingerprint density at radius 2 is 1.61 bits per heavy atom. The second-order valence-electron chi connectivity index (χ2n) is 5.92. The molecular weight excluding hydrogens is 302 g/mol. The molecule has 23 heavy (non-hydrogen) atoms. The van der Waals surface area contributed by atoms with Gasteiger partial charge < -0.3 is 5.32 Å². The summed E-state index contributed by atoms with van der Waals surface area (Å²) in [5, 5.41) is 4.97. The molecular formula is C20H31NOS. The predicted molar refractivity (Wildman–Crippen MR) is 104 cm³/mol. The molecule has 3 heteroatoms. The average molecular weight is 334 g/mol. The summed E-state index contributed by atoms with van der Waals surface area (Å²) < 4.78 is 0. The van der Waals surface area contributed by atoms with E-state index in [1.54, 1.807) is 11.8 Å². The molecule has 0 aliphatic rings. The zero-order valence-electron chi connectivity index (χ0n) is 14.6. The molecule has 0 aliphatic heterocycles. The summed E-state index contributed by atoms with van der Waals surface area (Å²) in [5.41, 5.74) is 1.76. The molecule has 0 spiro atoms. The Hall–Kier alpha value is -1.22. The van der Waals surface area contributed by atoms with Crippen molar-refractivity contribution in [2.24, 2.45) is 0 Å². The summed E-state index contributed by atoms with van der Waals surface area (Å²) in [4.78, 5) is 12.3. The molecule has 0 aromatic heterocycles. The van der Waals surface area contributed by atoms with Gasteiger partial charge in [-0.2, -0.15) is 0 Å². The first-order valence-electron chi connectivity index (χ1n) is 8.86. The van der Waals surface area contributed by atoms with E-state index in [1.807, 2.05) is 42.0 Å². The topological polar surface area (TPSA) is 29.1 Å². The van der Waals surface area contributed by atoms with Crippen LogP contribution >= 0.6 is 11.8 Å². The van der Waals surface area contributed by atoms with Crippen molar-refractivity contribution >= 4 is 23.4 Å². The van der Waals surface area contributed by atoms with Crippen molar-refractivity contribution in [1.29, 1.82) is 0 Å². The number of hydrogen-bond acceptors (Lipinski definition) is 2. The molecule has 0 fully saturated rings. The molecule has 1 N–H and O–H groups in total. The highest BCUT2D eigenvalue weighted by Crippen LogP contribution is 2.17. The summed E-state index contributed by atoms with van der Waals surface area (Å²) in [5.74, 6) is 0.0356. The minimum atomic E-state index is 0.0356. The third-order valence-electron chi connectivity index (χ3n) is 3.88. The van der Waals surface area contributed by atoms with Crippen molar-refractivity contribution in [2.75, 3.05) is 11.6 Å². The Bertz CT molecular complexity index is 456. The van der Waals surface area contributed by atoms with Crippen LogP contribution in [0.2, 0.25) is 0 Å². The number of rotatable bonds is 12. The fraction of sp³-hybridized carbons (Fsp3) is 0.550. The lowest BCUT2D eigenvalue weighted by Gasteiger charge is -2.09. The van der Waals surface area contributed by atoms with Crippen molar-refractivity contribution in [1.82, 2.24) is 0 Å². The van der Waals surface area contributed by atoms with Gasteiger partial charge >= 0.3 is 0 Å². The van der Waals surface area contributed by atoms with E-state index in [0.29, 0.717) is 0 Å². The minimum Gasteiger partial charge on any atom is -0.322 e. The van der Waals surface area contributed by atoms with Crippen LogP contribution in [0.15, 0.2) is 41.3 Å². The Labute approximate surface area is 146 Å². The van der Waals surface area contributed by atoms with E-state index in [2.05, 4.69) is 12.2 Å². The summed E-state index contributed by atoms with van der Waals surface area (Å²) in [6.45, 7) is 2.25. The molecule has 0 heterocycles. The Balaban J connectivity index is 2.27. The van der Waals surface area contributed by atoms with Crippen LogP contribution in [0.1, 0.15) is 64.7 Å². The van der Waals surface area contributed by atoms with Gasteiger partial charge in [-0.3, -0.25) is 4.79 Å². The lowest BCUT2D eigenvalue weighted by Crippen LogP contribution is -2.14. The van der Waals surface area contributed by atoms with Gasteiger partial charge in [0.05, 0.1) is 0 Å². The molecule has 0 unspecified atom stereocenters. The summed E-state index contributed by atoms with van der Waals surface area (Å²) in [7, 11) is 0. The van der Waals surface area contributed by atoms with E-state index in [9.17, 15) is 4.79 Å². The van der Waals surface area contributed by atoms with Crippen molar-refractivity contribution in [3.05, 3.63) is 41.3 Å². The molecule has 0 atom stereocenters. The highest BCUT2D eigenvalue weighted by atomic mass is 32.2. The molecule has 1 aromatic carbocycles. The number of amides is 1. The smallest absolute Gasteiger partial charge is 0.252 e. The molecule has 1 rings (SSSR count). The molecule has 128 valence electrons. The van der Waals surface area contributed by atoms with Crippen LogP contribution in [0.25, 0.3) is 0 Å². The molecule has 0 saturated heterocycles. The molecule has 0 radical (unpaired) electrons. The Morgan fingerprint density at radius 1 is 1.00 bits per heavy atom. The quantitative estimate of drug-likeness (QED) is 0.354. The zero-order chi connectivity index (χ0) is 16.8. The van der Waals surface area contributed by atoms with E-state index in [-0.39, 0.29) is 5.91 Å². The maximum absolute atomic E-state index is 12.3. The normalized spacial score (nSPS) is 11.5. The Kier molecular flexibility index (Phi) is 11.4. The summed E-state index contributed by atoms with van der Waals surface area (Å²) >= 11 is 1.60. The van der Waals surface area contributed by atoms with Gasteiger partial charge in [0.25, 0.3) is 5.91 Å². The van der Waals surface area contributed by atoms with E-state index in [1.165, 1.54) is 44.9 Å². The lowest BCUT2D eigenvalue weighted by atomic mass is 10.0.